The molecule has 0 radical (unpaired) electrons. The third-order valence-electron chi connectivity index (χ3n) is 6.63. The van der Waals surface area contributed by atoms with Crippen LogP contribution in [0.2, 0.25) is 0 Å². The molecule has 1 aromatic heterocycles. The normalized spacial score (nSPS) is 26.4. The van der Waals surface area contributed by atoms with E-state index in [0.717, 1.165) is 24.8 Å². The van der Waals surface area contributed by atoms with Crippen molar-refractivity contribution in [3.8, 4) is 0 Å². The molecule has 2 fully saturated rings. The number of carbonyl (C=O) groups is 1. The second kappa shape index (κ2) is 5.79. The van der Waals surface area contributed by atoms with Gasteiger partial charge in [-0.15, -0.1) is 0 Å². The molecule has 0 spiro atoms. The SMILES string of the molecule is C=C1C(C)(C)[C@H]2CC[C@]1(C(=O)NCCc1nc3ccccc3c(=O)[nH]1)C2. The van der Waals surface area contributed by atoms with Crippen molar-refractivity contribution in [2.75, 3.05) is 6.54 Å². The fourth-order valence-electron chi connectivity index (χ4n) is 4.86. The summed E-state index contributed by atoms with van der Waals surface area (Å²) < 4.78 is 0. The molecular weight excluding hydrogens is 326 g/mol. The lowest BCUT2D eigenvalue weighted by Crippen LogP contribution is -2.42. The molecule has 2 aliphatic carbocycles. The Morgan fingerprint density at radius 2 is 2.15 bits per heavy atom. The Morgan fingerprint density at radius 3 is 2.88 bits per heavy atom. The van der Waals surface area contributed by atoms with Crippen molar-refractivity contribution in [2.45, 2.75) is 39.5 Å². The molecule has 1 heterocycles. The minimum Gasteiger partial charge on any atom is -0.355 e. The summed E-state index contributed by atoms with van der Waals surface area (Å²) in [5.74, 6) is 1.24. The monoisotopic (exact) mass is 351 g/mol. The van der Waals surface area contributed by atoms with Gasteiger partial charge in [0, 0.05) is 13.0 Å². The standard InChI is InChI=1S/C21H25N3O2/c1-13-20(2,3)14-8-10-21(13,12-14)19(26)22-11-9-17-23-16-7-5-4-6-15(16)18(25)24-17/h4-7,14H,1,8-12H2,2-3H3,(H,22,26)(H,23,24,25)/t14-,21-/m0/s1. The number of hydrogen-bond donors (Lipinski definition) is 2. The van der Waals surface area contributed by atoms with Gasteiger partial charge in [-0.05, 0) is 42.7 Å². The summed E-state index contributed by atoms with van der Waals surface area (Å²) in [5.41, 5.74) is 1.26. The van der Waals surface area contributed by atoms with Crippen LogP contribution in [0, 0.1) is 16.7 Å². The van der Waals surface area contributed by atoms with Crippen LogP contribution in [0.1, 0.15) is 38.9 Å². The predicted octanol–water partition coefficient (Wildman–Crippen LogP) is 2.96. The summed E-state index contributed by atoms with van der Waals surface area (Å²) in [7, 11) is 0. The topological polar surface area (TPSA) is 74.8 Å². The number of nitrogens with zero attached hydrogens (tertiary/aromatic N) is 1. The minimum atomic E-state index is -0.404. The number of aromatic nitrogens is 2. The average Bonchev–Trinajstić information content (AvgIpc) is 3.14. The lowest BCUT2D eigenvalue weighted by atomic mass is 9.68. The number of fused-ring (bicyclic) bond motifs is 3. The number of benzene rings is 1. The van der Waals surface area contributed by atoms with Gasteiger partial charge in [0.2, 0.25) is 5.91 Å². The van der Waals surface area contributed by atoms with Gasteiger partial charge in [0.05, 0.1) is 16.3 Å². The summed E-state index contributed by atoms with van der Waals surface area (Å²) in [6.45, 7) is 9.15. The summed E-state index contributed by atoms with van der Waals surface area (Å²) in [6.07, 6.45) is 3.41. The Kier molecular flexibility index (Phi) is 3.79. The van der Waals surface area contributed by atoms with Crippen LogP contribution in [0.3, 0.4) is 0 Å². The smallest absolute Gasteiger partial charge is 0.258 e. The highest BCUT2D eigenvalue weighted by molar-refractivity contribution is 5.87. The number of H-pyrrole nitrogens is 1. The first-order valence-corrected chi connectivity index (χ1v) is 9.31. The van der Waals surface area contributed by atoms with E-state index in [4.69, 9.17) is 0 Å². The van der Waals surface area contributed by atoms with Crippen molar-refractivity contribution in [3.63, 3.8) is 0 Å². The third kappa shape index (κ3) is 2.41. The second-order valence-electron chi connectivity index (χ2n) is 8.26. The highest BCUT2D eigenvalue weighted by Crippen LogP contribution is 2.65. The van der Waals surface area contributed by atoms with Crippen LogP contribution in [0.25, 0.3) is 10.9 Å². The van der Waals surface area contributed by atoms with Crippen molar-refractivity contribution in [2.24, 2.45) is 16.7 Å². The van der Waals surface area contributed by atoms with Crippen LogP contribution in [0.4, 0.5) is 0 Å². The summed E-state index contributed by atoms with van der Waals surface area (Å²) >= 11 is 0. The van der Waals surface area contributed by atoms with Crippen molar-refractivity contribution in [3.05, 3.63) is 52.6 Å². The first-order chi connectivity index (χ1) is 12.3. The van der Waals surface area contributed by atoms with Gasteiger partial charge < -0.3 is 10.3 Å². The summed E-state index contributed by atoms with van der Waals surface area (Å²) in [4.78, 5) is 32.4. The molecule has 5 heteroatoms. The van der Waals surface area contributed by atoms with Gasteiger partial charge in [0.25, 0.3) is 5.56 Å². The molecule has 2 aromatic rings. The molecule has 2 saturated carbocycles. The molecule has 136 valence electrons. The fraction of sp³-hybridized carbons (Fsp3) is 0.476. The van der Waals surface area contributed by atoms with Gasteiger partial charge in [-0.2, -0.15) is 0 Å². The quantitative estimate of drug-likeness (QED) is 0.832. The number of rotatable bonds is 4. The molecule has 0 saturated heterocycles. The highest BCUT2D eigenvalue weighted by atomic mass is 16.2. The van der Waals surface area contributed by atoms with E-state index in [1.807, 2.05) is 18.2 Å². The van der Waals surface area contributed by atoms with Crippen LogP contribution in [0.5, 0.6) is 0 Å². The number of aromatic amines is 1. The minimum absolute atomic E-state index is 0.0424. The largest absolute Gasteiger partial charge is 0.355 e. The highest BCUT2D eigenvalue weighted by Gasteiger charge is 2.60. The number of nitrogens with one attached hydrogen (secondary N) is 2. The van der Waals surface area contributed by atoms with Crippen LogP contribution in [-0.4, -0.2) is 22.4 Å². The second-order valence-corrected chi connectivity index (χ2v) is 8.26. The van der Waals surface area contributed by atoms with E-state index in [0.29, 0.717) is 35.6 Å². The number of amides is 1. The van der Waals surface area contributed by atoms with Crippen molar-refractivity contribution in [1.29, 1.82) is 0 Å². The van der Waals surface area contributed by atoms with Crippen LogP contribution in [-0.2, 0) is 11.2 Å². The Labute approximate surface area is 152 Å². The van der Waals surface area contributed by atoms with Gasteiger partial charge in [0.1, 0.15) is 5.82 Å². The molecule has 1 amide bonds. The first kappa shape index (κ1) is 17.0. The maximum Gasteiger partial charge on any atom is 0.258 e. The van der Waals surface area contributed by atoms with E-state index in [-0.39, 0.29) is 16.9 Å². The molecule has 26 heavy (non-hydrogen) atoms. The molecule has 2 bridgehead atoms. The molecule has 2 atom stereocenters. The molecule has 4 rings (SSSR count). The lowest BCUT2D eigenvalue weighted by Gasteiger charge is -2.37. The van der Waals surface area contributed by atoms with Crippen LogP contribution in [0.15, 0.2) is 41.2 Å². The van der Waals surface area contributed by atoms with E-state index < -0.39 is 5.41 Å². The Morgan fingerprint density at radius 1 is 1.38 bits per heavy atom. The zero-order valence-electron chi connectivity index (χ0n) is 15.4. The van der Waals surface area contributed by atoms with E-state index in [1.165, 1.54) is 0 Å². The molecule has 2 N–H and O–H groups in total. The van der Waals surface area contributed by atoms with E-state index in [2.05, 4.69) is 35.7 Å². The van der Waals surface area contributed by atoms with Crippen molar-refractivity contribution < 1.29 is 4.79 Å². The van der Waals surface area contributed by atoms with E-state index >= 15 is 0 Å². The Bertz CT molecular complexity index is 959. The molecule has 2 aliphatic rings. The lowest BCUT2D eigenvalue weighted by molar-refractivity contribution is -0.128. The van der Waals surface area contributed by atoms with Gasteiger partial charge in [-0.1, -0.05) is 38.1 Å². The zero-order chi connectivity index (χ0) is 18.5. The van der Waals surface area contributed by atoms with Gasteiger partial charge in [-0.3, -0.25) is 9.59 Å². The molecule has 1 aromatic carbocycles. The number of hydrogen-bond acceptors (Lipinski definition) is 3. The Balaban J connectivity index is 1.45. The van der Waals surface area contributed by atoms with E-state index in [9.17, 15) is 9.59 Å². The van der Waals surface area contributed by atoms with Crippen LogP contribution >= 0.6 is 0 Å². The third-order valence-corrected chi connectivity index (χ3v) is 6.63. The number of para-hydroxylation sites is 1. The zero-order valence-corrected chi connectivity index (χ0v) is 15.4. The molecule has 0 aliphatic heterocycles. The first-order valence-electron chi connectivity index (χ1n) is 9.31. The van der Waals surface area contributed by atoms with Gasteiger partial charge >= 0.3 is 0 Å². The van der Waals surface area contributed by atoms with E-state index in [1.54, 1.807) is 6.07 Å². The van der Waals surface area contributed by atoms with Gasteiger partial charge in [0.15, 0.2) is 0 Å². The number of carbonyl (C=O) groups excluding carboxylic acids is 1. The Hall–Kier alpha value is -2.43. The molecular formula is C21H25N3O2. The fourth-order valence-corrected chi connectivity index (χ4v) is 4.86. The van der Waals surface area contributed by atoms with Crippen LogP contribution < -0.4 is 10.9 Å². The average molecular weight is 351 g/mol. The molecule has 5 nitrogen and oxygen atoms in total. The molecule has 0 unspecified atom stereocenters. The maximum atomic E-state index is 12.9. The van der Waals surface area contributed by atoms with Crippen molar-refractivity contribution >= 4 is 16.8 Å². The maximum absolute atomic E-state index is 12.9. The van der Waals surface area contributed by atoms with Gasteiger partial charge in [-0.25, -0.2) is 4.98 Å². The summed E-state index contributed by atoms with van der Waals surface area (Å²) in [5, 5.41) is 3.65. The van der Waals surface area contributed by atoms with Crippen molar-refractivity contribution in [1.82, 2.24) is 15.3 Å². The predicted molar refractivity (Wildman–Crippen MR) is 102 cm³/mol. The summed E-state index contributed by atoms with van der Waals surface area (Å²) in [6, 6.07) is 7.28.